The van der Waals surface area contributed by atoms with E-state index >= 15 is 0 Å². The third-order valence-corrected chi connectivity index (χ3v) is 6.59. The number of methoxy groups -OCH3 is 1. The molecule has 0 spiro atoms. The molecule has 3 aromatic heterocycles. The van der Waals surface area contributed by atoms with E-state index in [-0.39, 0.29) is 12.3 Å². The van der Waals surface area contributed by atoms with Crippen LogP contribution in [0.5, 0.6) is 5.75 Å². The molecule has 0 aliphatic carbocycles. The van der Waals surface area contributed by atoms with Gasteiger partial charge in [-0.25, -0.2) is 9.78 Å². The number of amides is 4. The van der Waals surface area contributed by atoms with Gasteiger partial charge in [0.2, 0.25) is 0 Å². The van der Waals surface area contributed by atoms with Crippen LogP contribution >= 0.6 is 0 Å². The minimum absolute atomic E-state index is 0.0825. The van der Waals surface area contributed by atoms with Gasteiger partial charge in [-0.3, -0.25) is 24.5 Å². The molecule has 2 aliphatic rings. The highest BCUT2D eigenvalue weighted by atomic mass is 16.5. The summed E-state index contributed by atoms with van der Waals surface area (Å²) in [6, 6.07) is 9.53. The predicted molar refractivity (Wildman–Crippen MR) is 131 cm³/mol. The van der Waals surface area contributed by atoms with E-state index in [9.17, 15) is 14.4 Å². The highest BCUT2D eigenvalue weighted by Crippen LogP contribution is 2.39. The second-order valence-corrected chi connectivity index (χ2v) is 9.57. The number of aromatic nitrogens is 3. The fraction of sp³-hybridized carbons (Fsp3) is 0.269. The average Bonchev–Trinajstić information content (AvgIpc) is 3.63. The molecule has 0 saturated carbocycles. The largest absolute Gasteiger partial charge is 0.497 e. The van der Waals surface area contributed by atoms with Crippen LogP contribution < -0.4 is 15.4 Å². The number of carbonyl (C=O) groups is 3. The van der Waals surface area contributed by atoms with E-state index in [1.807, 2.05) is 10.9 Å². The van der Waals surface area contributed by atoms with E-state index < -0.39 is 23.5 Å². The first-order valence-electron chi connectivity index (χ1n) is 11.8. The molecule has 4 aromatic rings. The molecule has 0 bridgehead atoms. The number of imide groups is 1. The van der Waals surface area contributed by atoms with Gasteiger partial charge in [0, 0.05) is 29.9 Å². The number of hydrogen-bond donors (Lipinski definition) is 2. The fourth-order valence-electron chi connectivity index (χ4n) is 4.85. The summed E-state index contributed by atoms with van der Waals surface area (Å²) in [5, 5.41) is 9.29. The highest BCUT2D eigenvalue weighted by Gasteiger charge is 2.58. The summed E-state index contributed by atoms with van der Waals surface area (Å²) in [5.41, 5.74) is 1.63. The molecule has 37 heavy (non-hydrogen) atoms. The van der Waals surface area contributed by atoms with Crippen molar-refractivity contribution < 1.29 is 23.5 Å². The molecule has 1 saturated heterocycles. The molecular formula is C26H24N6O5. The summed E-state index contributed by atoms with van der Waals surface area (Å²) in [4.78, 5) is 45.1. The number of carbonyl (C=O) groups excluding carboxylic acids is 3. The standard InChI is InChI=1S/C26H24N6O5/c1-14(2)11-31-12-16(10-27-31)19-6-7-21-20(28-19)9-22(37-21)26(24(34)29-25(35)30-26)32-13-15-4-5-17(36-3)8-18(15)23(32)33/h4-10,12,14H,11,13H2,1-3H3,(H2,29,30,34,35)/t26-/m1/s1. The number of urea groups is 1. The van der Waals surface area contributed by atoms with Crippen molar-refractivity contribution in [2.24, 2.45) is 5.92 Å². The van der Waals surface area contributed by atoms with Crippen molar-refractivity contribution in [3.63, 3.8) is 0 Å². The lowest BCUT2D eigenvalue weighted by atomic mass is 10.1. The number of furan rings is 1. The van der Waals surface area contributed by atoms with Crippen LogP contribution in [0.1, 0.15) is 35.5 Å². The van der Waals surface area contributed by atoms with Gasteiger partial charge < -0.3 is 14.5 Å². The Balaban J connectivity index is 1.41. The van der Waals surface area contributed by atoms with Crippen LogP contribution in [0, 0.1) is 5.92 Å². The number of rotatable bonds is 6. The minimum atomic E-state index is -1.87. The van der Waals surface area contributed by atoms with E-state index in [0.29, 0.717) is 39.6 Å². The molecule has 188 valence electrons. The normalized spacial score (nSPS) is 19.0. The smallest absolute Gasteiger partial charge is 0.324 e. The summed E-state index contributed by atoms with van der Waals surface area (Å²) in [5.74, 6) is -0.0962. The van der Waals surface area contributed by atoms with E-state index in [0.717, 1.165) is 12.1 Å². The lowest BCUT2D eigenvalue weighted by Gasteiger charge is -2.33. The highest BCUT2D eigenvalue weighted by molar-refractivity contribution is 6.11. The van der Waals surface area contributed by atoms with Crippen molar-refractivity contribution in [2.75, 3.05) is 7.11 Å². The molecule has 11 heteroatoms. The van der Waals surface area contributed by atoms with E-state index in [1.54, 1.807) is 42.6 Å². The lowest BCUT2D eigenvalue weighted by Crippen LogP contribution is -2.57. The van der Waals surface area contributed by atoms with Gasteiger partial charge in [-0.1, -0.05) is 19.9 Å². The van der Waals surface area contributed by atoms with Gasteiger partial charge in [-0.15, -0.1) is 0 Å². The van der Waals surface area contributed by atoms with Crippen molar-refractivity contribution in [3.05, 3.63) is 65.7 Å². The van der Waals surface area contributed by atoms with Gasteiger partial charge in [-0.2, -0.15) is 5.10 Å². The van der Waals surface area contributed by atoms with Gasteiger partial charge in [0.05, 0.1) is 25.5 Å². The minimum Gasteiger partial charge on any atom is -0.497 e. The first-order valence-corrected chi connectivity index (χ1v) is 11.8. The molecular weight excluding hydrogens is 476 g/mol. The lowest BCUT2D eigenvalue weighted by molar-refractivity contribution is -0.131. The number of benzene rings is 1. The molecule has 11 nitrogen and oxygen atoms in total. The first-order chi connectivity index (χ1) is 17.8. The topological polar surface area (TPSA) is 132 Å². The Kier molecular flexibility index (Phi) is 5.04. The third kappa shape index (κ3) is 3.53. The summed E-state index contributed by atoms with van der Waals surface area (Å²) in [7, 11) is 1.51. The van der Waals surface area contributed by atoms with Crippen LogP contribution in [-0.4, -0.2) is 44.6 Å². The summed E-state index contributed by atoms with van der Waals surface area (Å²) < 4.78 is 13.2. The molecule has 6 rings (SSSR count). The Morgan fingerprint density at radius 1 is 1.16 bits per heavy atom. The van der Waals surface area contributed by atoms with Gasteiger partial charge in [0.25, 0.3) is 17.5 Å². The summed E-state index contributed by atoms with van der Waals surface area (Å²) in [6.07, 6.45) is 3.67. The number of hydrogen-bond acceptors (Lipinski definition) is 7. The average molecular weight is 501 g/mol. The molecule has 2 N–H and O–H groups in total. The Bertz CT molecular complexity index is 1590. The molecule has 1 aromatic carbocycles. The van der Waals surface area contributed by atoms with Crippen molar-refractivity contribution in [1.29, 1.82) is 0 Å². The maximum atomic E-state index is 13.5. The van der Waals surface area contributed by atoms with E-state index in [1.165, 1.54) is 12.0 Å². The SMILES string of the molecule is COc1ccc2c(c1)C(=O)N([C@@]1(c3cc4nc(-c5cnn(CC(C)C)c5)ccc4o3)NC(=O)NC1=O)C2. The zero-order valence-corrected chi connectivity index (χ0v) is 20.4. The monoisotopic (exact) mass is 500 g/mol. The predicted octanol–water partition coefficient (Wildman–Crippen LogP) is 3.00. The Morgan fingerprint density at radius 3 is 2.73 bits per heavy atom. The maximum absolute atomic E-state index is 13.5. The van der Waals surface area contributed by atoms with Crippen LogP contribution in [0.2, 0.25) is 0 Å². The van der Waals surface area contributed by atoms with Gasteiger partial charge in [-0.05, 0) is 35.7 Å². The van der Waals surface area contributed by atoms with Gasteiger partial charge >= 0.3 is 6.03 Å². The van der Waals surface area contributed by atoms with Crippen LogP contribution in [-0.2, 0) is 23.5 Å². The molecule has 1 fully saturated rings. The zero-order valence-electron chi connectivity index (χ0n) is 20.4. The van der Waals surface area contributed by atoms with Crippen molar-refractivity contribution in [1.82, 2.24) is 30.3 Å². The number of fused-ring (bicyclic) bond motifs is 2. The Labute approximate surface area is 211 Å². The molecule has 4 amide bonds. The number of nitrogens with one attached hydrogen (secondary N) is 2. The van der Waals surface area contributed by atoms with Crippen molar-refractivity contribution in [2.45, 2.75) is 32.6 Å². The molecule has 0 unspecified atom stereocenters. The second-order valence-electron chi connectivity index (χ2n) is 9.57. The van der Waals surface area contributed by atoms with E-state index in [2.05, 4.69) is 29.6 Å². The zero-order chi connectivity index (χ0) is 25.9. The second kappa shape index (κ2) is 8.19. The van der Waals surface area contributed by atoms with Crippen LogP contribution in [0.4, 0.5) is 4.79 Å². The Hall–Kier alpha value is -4.67. The maximum Gasteiger partial charge on any atom is 0.324 e. The molecule has 0 radical (unpaired) electrons. The van der Waals surface area contributed by atoms with Crippen molar-refractivity contribution in [3.8, 4) is 17.0 Å². The Morgan fingerprint density at radius 2 is 2.00 bits per heavy atom. The number of pyridine rings is 1. The van der Waals surface area contributed by atoms with Crippen LogP contribution in [0.25, 0.3) is 22.4 Å². The van der Waals surface area contributed by atoms with Crippen LogP contribution in [0.3, 0.4) is 0 Å². The molecule has 5 heterocycles. The van der Waals surface area contributed by atoms with Crippen molar-refractivity contribution >= 4 is 28.9 Å². The van der Waals surface area contributed by atoms with Gasteiger partial charge in [0.15, 0.2) is 11.3 Å². The number of nitrogens with zero attached hydrogens (tertiary/aromatic N) is 4. The first kappa shape index (κ1) is 22.8. The quantitative estimate of drug-likeness (QED) is 0.389. The van der Waals surface area contributed by atoms with E-state index in [4.69, 9.17) is 14.1 Å². The van der Waals surface area contributed by atoms with Gasteiger partial charge in [0.1, 0.15) is 11.3 Å². The third-order valence-electron chi connectivity index (χ3n) is 6.59. The summed E-state index contributed by atoms with van der Waals surface area (Å²) >= 11 is 0. The summed E-state index contributed by atoms with van der Waals surface area (Å²) in [6.45, 7) is 5.11. The molecule has 2 aliphatic heterocycles. The van der Waals surface area contributed by atoms with Crippen LogP contribution in [0.15, 0.2) is 53.2 Å². The fourth-order valence-corrected chi connectivity index (χ4v) is 4.85. The number of ether oxygens (including phenoxy) is 1. The molecule has 1 atom stereocenters.